The highest BCUT2D eigenvalue weighted by atomic mass is 79.9. The van der Waals surface area contributed by atoms with Crippen LogP contribution in [0.4, 0.5) is 0 Å². The molecule has 1 amide bonds. The van der Waals surface area contributed by atoms with Gasteiger partial charge in [0.25, 0.3) is 5.91 Å². The molecule has 0 radical (unpaired) electrons. The van der Waals surface area contributed by atoms with Crippen molar-refractivity contribution in [1.29, 1.82) is 0 Å². The van der Waals surface area contributed by atoms with Crippen LogP contribution in [0.2, 0.25) is 5.02 Å². The average molecular weight is 413 g/mol. The molecule has 5 nitrogen and oxygen atoms in total. The van der Waals surface area contributed by atoms with E-state index in [-0.39, 0.29) is 17.2 Å². The van der Waals surface area contributed by atoms with Crippen LogP contribution < -0.4 is 10.1 Å². The van der Waals surface area contributed by atoms with Crippen LogP contribution in [0.3, 0.4) is 0 Å². The molecule has 0 aliphatic carbocycles. The van der Waals surface area contributed by atoms with E-state index in [0.717, 1.165) is 5.75 Å². The highest BCUT2D eigenvalue weighted by Gasteiger charge is 2.14. The molecule has 1 N–H and O–H groups in total. The Morgan fingerprint density at radius 2 is 1.88 bits per heavy atom. The summed E-state index contributed by atoms with van der Waals surface area (Å²) >= 11 is 9.17. The van der Waals surface area contributed by atoms with Crippen LogP contribution in [-0.2, 0) is 9.53 Å². The zero-order valence-electron chi connectivity index (χ0n) is 12.6. The van der Waals surface area contributed by atoms with E-state index in [1.807, 2.05) is 30.3 Å². The molecular formula is C17H15BrClNO4. The minimum absolute atomic E-state index is 0.200. The molecule has 0 fully saturated rings. The molecule has 2 aromatic carbocycles. The lowest BCUT2D eigenvalue weighted by atomic mass is 10.2. The molecule has 0 bridgehead atoms. The van der Waals surface area contributed by atoms with Gasteiger partial charge in [-0.05, 0) is 30.3 Å². The second-order valence-corrected chi connectivity index (χ2v) is 6.03. The molecule has 0 saturated heterocycles. The fraction of sp³-hybridized carbons (Fsp3) is 0.176. The highest BCUT2D eigenvalue weighted by Crippen LogP contribution is 2.21. The first-order valence-electron chi connectivity index (χ1n) is 7.13. The van der Waals surface area contributed by atoms with Crippen molar-refractivity contribution in [3.8, 4) is 5.75 Å². The molecule has 24 heavy (non-hydrogen) atoms. The molecule has 0 atom stereocenters. The zero-order chi connectivity index (χ0) is 17.4. The van der Waals surface area contributed by atoms with E-state index in [0.29, 0.717) is 17.6 Å². The average Bonchev–Trinajstić information content (AvgIpc) is 2.59. The molecule has 0 heterocycles. The van der Waals surface area contributed by atoms with E-state index in [9.17, 15) is 9.59 Å². The van der Waals surface area contributed by atoms with E-state index >= 15 is 0 Å². The lowest BCUT2D eigenvalue weighted by Gasteiger charge is -2.09. The van der Waals surface area contributed by atoms with E-state index in [1.54, 1.807) is 12.1 Å². The Labute approximate surface area is 153 Å². The summed E-state index contributed by atoms with van der Waals surface area (Å²) in [6.45, 7) is 0.247. The van der Waals surface area contributed by atoms with Gasteiger partial charge in [0.05, 0.1) is 17.1 Å². The number of hydrogen-bond donors (Lipinski definition) is 1. The molecule has 0 aromatic heterocycles. The van der Waals surface area contributed by atoms with Gasteiger partial charge in [0.15, 0.2) is 6.61 Å². The SMILES string of the molecule is O=C(COC(=O)c1cc(Br)ccc1Cl)NCCOc1ccccc1. The summed E-state index contributed by atoms with van der Waals surface area (Å²) in [4.78, 5) is 23.6. The van der Waals surface area contributed by atoms with Crippen LogP contribution in [0.25, 0.3) is 0 Å². The second kappa shape index (κ2) is 9.30. The lowest BCUT2D eigenvalue weighted by molar-refractivity contribution is -0.124. The first-order valence-corrected chi connectivity index (χ1v) is 8.30. The number of amides is 1. The largest absolute Gasteiger partial charge is 0.492 e. The third-order valence-corrected chi connectivity index (χ3v) is 3.74. The molecule has 0 saturated carbocycles. The van der Waals surface area contributed by atoms with Crippen molar-refractivity contribution in [2.24, 2.45) is 0 Å². The third kappa shape index (κ3) is 5.86. The number of carbonyl (C=O) groups excluding carboxylic acids is 2. The van der Waals surface area contributed by atoms with Crippen molar-refractivity contribution in [3.05, 3.63) is 63.6 Å². The normalized spacial score (nSPS) is 10.1. The molecule has 0 aliphatic rings. The Morgan fingerprint density at radius 1 is 1.12 bits per heavy atom. The predicted molar refractivity (Wildman–Crippen MR) is 94.4 cm³/mol. The standard InChI is InChI=1S/C17H15BrClNO4/c18-12-6-7-15(19)14(10-12)17(22)24-11-16(21)20-8-9-23-13-4-2-1-3-5-13/h1-7,10H,8-9,11H2,(H,20,21). The van der Waals surface area contributed by atoms with Gasteiger partial charge in [-0.1, -0.05) is 45.7 Å². The minimum Gasteiger partial charge on any atom is -0.492 e. The molecule has 0 aliphatic heterocycles. The number of para-hydroxylation sites is 1. The highest BCUT2D eigenvalue weighted by molar-refractivity contribution is 9.10. The van der Waals surface area contributed by atoms with Crippen molar-refractivity contribution in [2.45, 2.75) is 0 Å². The van der Waals surface area contributed by atoms with Gasteiger partial charge in [-0.3, -0.25) is 4.79 Å². The molecule has 2 rings (SSSR count). The quantitative estimate of drug-likeness (QED) is 0.559. The van der Waals surface area contributed by atoms with E-state index in [1.165, 1.54) is 6.07 Å². The summed E-state index contributed by atoms with van der Waals surface area (Å²) in [5.74, 6) is -0.342. The number of halogens is 2. The van der Waals surface area contributed by atoms with Gasteiger partial charge in [0.2, 0.25) is 0 Å². The van der Waals surface area contributed by atoms with Crippen molar-refractivity contribution in [2.75, 3.05) is 19.8 Å². The third-order valence-electron chi connectivity index (χ3n) is 2.92. The van der Waals surface area contributed by atoms with E-state index < -0.39 is 11.9 Å². The summed E-state index contributed by atoms with van der Waals surface area (Å²) < 4.78 is 11.1. The van der Waals surface area contributed by atoms with Gasteiger partial charge in [0.1, 0.15) is 12.4 Å². The Kier molecular flexibility index (Phi) is 7.08. The summed E-state index contributed by atoms with van der Waals surface area (Å²) in [6.07, 6.45) is 0. The van der Waals surface area contributed by atoms with Crippen LogP contribution in [0.15, 0.2) is 53.0 Å². The van der Waals surface area contributed by atoms with Crippen LogP contribution >= 0.6 is 27.5 Å². The van der Waals surface area contributed by atoms with Crippen molar-refractivity contribution >= 4 is 39.4 Å². The van der Waals surface area contributed by atoms with Gasteiger partial charge in [-0.25, -0.2) is 4.79 Å². The van der Waals surface area contributed by atoms with Crippen LogP contribution in [-0.4, -0.2) is 31.6 Å². The summed E-state index contributed by atoms with van der Waals surface area (Å²) in [7, 11) is 0. The number of nitrogens with one attached hydrogen (secondary N) is 1. The maximum Gasteiger partial charge on any atom is 0.340 e. The molecule has 2 aromatic rings. The molecular weight excluding hydrogens is 398 g/mol. The number of ether oxygens (including phenoxy) is 2. The van der Waals surface area contributed by atoms with Crippen LogP contribution in [0.5, 0.6) is 5.75 Å². The topological polar surface area (TPSA) is 64.6 Å². The van der Waals surface area contributed by atoms with Crippen molar-refractivity contribution in [1.82, 2.24) is 5.32 Å². The second-order valence-electron chi connectivity index (χ2n) is 4.71. The predicted octanol–water partition coefficient (Wildman–Crippen LogP) is 3.45. The molecule has 0 unspecified atom stereocenters. The maximum atomic E-state index is 11.9. The van der Waals surface area contributed by atoms with Gasteiger partial charge in [-0.15, -0.1) is 0 Å². The summed E-state index contributed by atoms with van der Waals surface area (Å²) in [5.41, 5.74) is 0.200. The molecule has 126 valence electrons. The Hall–Kier alpha value is -2.05. The van der Waals surface area contributed by atoms with Gasteiger partial charge >= 0.3 is 5.97 Å². The van der Waals surface area contributed by atoms with Crippen molar-refractivity contribution in [3.63, 3.8) is 0 Å². The molecule has 0 spiro atoms. The number of rotatable bonds is 7. The molecule has 7 heteroatoms. The Bertz CT molecular complexity index is 709. The summed E-state index contributed by atoms with van der Waals surface area (Å²) in [6, 6.07) is 14.1. The van der Waals surface area contributed by atoms with Gasteiger partial charge in [0, 0.05) is 4.47 Å². The summed E-state index contributed by atoms with van der Waals surface area (Å²) in [5, 5.41) is 2.87. The Morgan fingerprint density at radius 3 is 2.62 bits per heavy atom. The number of carbonyl (C=O) groups is 2. The number of esters is 1. The zero-order valence-corrected chi connectivity index (χ0v) is 15.0. The van der Waals surface area contributed by atoms with Crippen LogP contribution in [0, 0.1) is 0 Å². The number of benzene rings is 2. The van der Waals surface area contributed by atoms with Gasteiger partial charge < -0.3 is 14.8 Å². The smallest absolute Gasteiger partial charge is 0.340 e. The van der Waals surface area contributed by atoms with Gasteiger partial charge in [-0.2, -0.15) is 0 Å². The first-order chi connectivity index (χ1) is 11.6. The van der Waals surface area contributed by atoms with E-state index in [2.05, 4.69) is 21.2 Å². The lowest BCUT2D eigenvalue weighted by Crippen LogP contribution is -2.32. The Balaban J connectivity index is 1.69. The first kappa shape index (κ1) is 18.3. The maximum absolute atomic E-state index is 11.9. The monoisotopic (exact) mass is 411 g/mol. The fourth-order valence-electron chi connectivity index (χ4n) is 1.79. The van der Waals surface area contributed by atoms with Crippen LogP contribution in [0.1, 0.15) is 10.4 Å². The fourth-order valence-corrected chi connectivity index (χ4v) is 2.35. The van der Waals surface area contributed by atoms with E-state index in [4.69, 9.17) is 21.1 Å². The minimum atomic E-state index is -0.656. The van der Waals surface area contributed by atoms with Crippen molar-refractivity contribution < 1.29 is 19.1 Å². The number of hydrogen-bond acceptors (Lipinski definition) is 4.